The number of anilines is 1. The molecule has 1 aliphatic carbocycles. The zero-order chi connectivity index (χ0) is 27.6. The number of carbonyl (C=O) groups is 4. The molecule has 4 amide bonds. The minimum Gasteiger partial charge on any atom is -0.349 e. The van der Waals surface area contributed by atoms with Crippen LogP contribution in [0.1, 0.15) is 39.6 Å². The number of rotatable bonds is 5. The third kappa shape index (κ3) is 6.33. The summed E-state index contributed by atoms with van der Waals surface area (Å²) < 4.78 is 26.6. The number of nitrogens with zero attached hydrogens (tertiary/aromatic N) is 3. The number of likely N-dealkylation sites (N-methyl/N-ethyl adjacent to an activating group) is 1. The average molecular weight is 549 g/mol. The second-order valence-electron chi connectivity index (χ2n) is 9.86. The van der Waals surface area contributed by atoms with Crippen molar-refractivity contribution in [2.45, 2.75) is 44.3 Å². The van der Waals surface area contributed by atoms with Crippen LogP contribution in [-0.2, 0) is 27.3 Å². The largest absolute Gasteiger partial charge is 0.349 e. The van der Waals surface area contributed by atoms with E-state index in [-0.39, 0.29) is 23.9 Å². The molecule has 1 aromatic heterocycles. The first kappa shape index (κ1) is 27.6. The Morgan fingerprint density at radius 1 is 1.05 bits per heavy atom. The number of nitrogens with one attached hydrogen (secondary N) is 3. The van der Waals surface area contributed by atoms with Crippen LogP contribution in [0, 0.1) is 17.6 Å². The molecule has 1 saturated carbocycles. The van der Waals surface area contributed by atoms with Gasteiger partial charge < -0.3 is 25.8 Å². The molecular weight excluding hydrogens is 518 g/mol. The second kappa shape index (κ2) is 11.5. The quantitative estimate of drug-likeness (QED) is 0.487. The molecule has 1 aromatic carbocycles. The molecule has 4 rings (SSSR count). The Labute approximate surface area is 222 Å². The number of fused-ring (bicyclic) bond motifs is 1. The van der Waals surface area contributed by atoms with Crippen molar-refractivity contribution in [1.82, 2.24) is 25.4 Å². The zero-order valence-electron chi connectivity index (χ0n) is 21.3. The molecule has 0 spiro atoms. The first-order valence-corrected chi connectivity index (χ1v) is 13.1. The molecule has 0 radical (unpaired) electrons. The zero-order valence-corrected chi connectivity index (χ0v) is 22.2. The van der Waals surface area contributed by atoms with Gasteiger partial charge in [0.25, 0.3) is 5.91 Å². The maximum atomic E-state index is 13.5. The van der Waals surface area contributed by atoms with E-state index in [4.69, 9.17) is 0 Å². The van der Waals surface area contributed by atoms with E-state index < -0.39 is 41.4 Å². The van der Waals surface area contributed by atoms with Crippen LogP contribution in [0.25, 0.3) is 0 Å². The fourth-order valence-electron chi connectivity index (χ4n) is 4.74. The van der Waals surface area contributed by atoms with E-state index in [1.54, 1.807) is 14.1 Å². The average Bonchev–Trinajstić information content (AvgIpc) is 3.30. The van der Waals surface area contributed by atoms with Gasteiger partial charge in [-0.1, -0.05) is 0 Å². The lowest BCUT2D eigenvalue weighted by atomic mass is 9.81. The molecule has 2 aromatic rings. The molecule has 10 nitrogen and oxygen atoms in total. The normalized spacial score (nSPS) is 21.2. The SMILES string of the molecule is CN1CCc2nc(C(=O)N[C@@H]3C[C@@H](C(=O)N(C)C)CC[C@@H]3NC(=O)C(=O)Nc3ccc(F)c(F)c3)sc2C1. The monoisotopic (exact) mass is 548 g/mol. The predicted octanol–water partition coefficient (Wildman–Crippen LogP) is 1.52. The van der Waals surface area contributed by atoms with Crippen LogP contribution in [0.2, 0.25) is 0 Å². The molecule has 0 saturated heterocycles. The summed E-state index contributed by atoms with van der Waals surface area (Å²) in [5, 5.41) is 8.11. The Morgan fingerprint density at radius 3 is 2.53 bits per heavy atom. The summed E-state index contributed by atoms with van der Waals surface area (Å²) >= 11 is 1.32. The van der Waals surface area contributed by atoms with Gasteiger partial charge in [-0.3, -0.25) is 19.2 Å². The molecule has 3 atom stereocenters. The van der Waals surface area contributed by atoms with E-state index in [2.05, 4.69) is 25.8 Å². The number of carbonyl (C=O) groups excluding carboxylic acids is 4. The summed E-state index contributed by atoms with van der Waals surface area (Å²) in [7, 11) is 5.31. The van der Waals surface area contributed by atoms with Crippen LogP contribution in [0.4, 0.5) is 14.5 Å². The number of aromatic nitrogens is 1. The highest BCUT2D eigenvalue weighted by molar-refractivity contribution is 7.13. The van der Waals surface area contributed by atoms with Crippen LogP contribution in [0.3, 0.4) is 0 Å². The number of amides is 4. The topological polar surface area (TPSA) is 124 Å². The van der Waals surface area contributed by atoms with Crippen molar-refractivity contribution in [3.8, 4) is 0 Å². The van der Waals surface area contributed by atoms with Crippen molar-refractivity contribution in [3.05, 3.63) is 45.4 Å². The lowest BCUT2D eigenvalue weighted by Crippen LogP contribution is -2.57. The van der Waals surface area contributed by atoms with Gasteiger partial charge in [0.15, 0.2) is 16.6 Å². The second-order valence-corrected chi connectivity index (χ2v) is 10.9. The highest BCUT2D eigenvalue weighted by Crippen LogP contribution is 2.28. The first-order valence-electron chi connectivity index (χ1n) is 12.3. The minimum absolute atomic E-state index is 0.0763. The van der Waals surface area contributed by atoms with Gasteiger partial charge in [0.1, 0.15) is 0 Å². The van der Waals surface area contributed by atoms with Crippen molar-refractivity contribution in [1.29, 1.82) is 0 Å². The van der Waals surface area contributed by atoms with Gasteiger partial charge in [-0.25, -0.2) is 13.8 Å². The summed E-state index contributed by atoms with van der Waals surface area (Å²) in [6, 6.07) is 1.48. The Kier molecular flexibility index (Phi) is 8.36. The first-order chi connectivity index (χ1) is 18.0. The van der Waals surface area contributed by atoms with Crippen LogP contribution in [0.15, 0.2) is 18.2 Å². The van der Waals surface area contributed by atoms with E-state index in [1.807, 2.05) is 7.05 Å². The van der Waals surface area contributed by atoms with E-state index in [0.29, 0.717) is 17.8 Å². The van der Waals surface area contributed by atoms with Crippen LogP contribution in [0.5, 0.6) is 0 Å². The lowest BCUT2D eigenvalue weighted by Gasteiger charge is -2.37. The highest BCUT2D eigenvalue weighted by atomic mass is 32.1. The summed E-state index contributed by atoms with van der Waals surface area (Å²) in [4.78, 5) is 60.1. The van der Waals surface area contributed by atoms with Crippen LogP contribution < -0.4 is 16.0 Å². The van der Waals surface area contributed by atoms with Gasteiger partial charge in [0, 0.05) is 62.2 Å². The summed E-state index contributed by atoms with van der Waals surface area (Å²) in [6.45, 7) is 1.57. The molecule has 204 valence electrons. The molecule has 2 aliphatic rings. The summed E-state index contributed by atoms with van der Waals surface area (Å²) in [6.07, 6.45) is 1.83. The standard InChI is InChI=1S/C25H30F2N6O4S/c1-32(2)25(37)13-4-7-17(29-22(35)21(34)28-14-5-6-15(26)16(27)11-14)19(10-13)30-23(36)24-31-18-8-9-33(3)12-20(18)38-24/h5-6,11,13,17,19H,4,7-10,12H2,1-3H3,(H,28,34)(H,29,35)(H,30,36)/t13-,17-,19+/m0/s1. The number of thiazole rings is 1. The minimum atomic E-state index is -1.16. The van der Waals surface area contributed by atoms with Gasteiger partial charge in [0.2, 0.25) is 5.91 Å². The molecule has 0 unspecified atom stereocenters. The third-order valence-electron chi connectivity index (χ3n) is 6.77. The van der Waals surface area contributed by atoms with Gasteiger partial charge in [0.05, 0.1) is 11.7 Å². The number of benzene rings is 1. The van der Waals surface area contributed by atoms with Crippen molar-refractivity contribution < 1.29 is 28.0 Å². The number of hydrogen-bond donors (Lipinski definition) is 3. The van der Waals surface area contributed by atoms with E-state index >= 15 is 0 Å². The molecule has 3 N–H and O–H groups in total. The van der Waals surface area contributed by atoms with E-state index in [9.17, 15) is 28.0 Å². The van der Waals surface area contributed by atoms with Crippen molar-refractivity contribution >= 4 is 40.7 Å². The van der Waals surface area contributed by atoms with Gasteiger partial charge >= 0.3 is 11.8 Å². The molecule has 13 heteroatoms. The maximum Gasteiger partial charge on any atom is 0.313 e. The maximum absolute atomic E-state index is 13.5. The Bertz CT molecular complexity index is 1250. The molecule has 0 bridgehead atoms. The highest BCUT2D eigenvalue weighted by Gasteiger charge is 2.37. The van der Waals surface area contributed by atoms with Crippen LogP contribution in [-0.4, -0.2) is 78.2 Å². The van der Waals surface area contributed by atoms with Gasteiger partial charge in [-0.2, -0.15) is 0 Å². The summed E-state index contributed by atoms with van der Waals surface area (Å²) in [5.41, 5.74) is 0.828. The fourth-order valence-corrected chi connectivity index (χ4v) is 5.83. The smallest absolute Gasteiger partial charge is 0.313 e. The van der Waals surface area contributed by atoms with E-state index in [0.717, 1.165) is 48.3 Å². The number of halogens is 2. The lowest BCUT2D eigenvalue weighted by molar-refractivity contribution is -0.137. The Hall–Kier alpha value is -3.45. The molecule has 1 fully saturated rings. The molecular formula is C25H30F2N6O4S. The van der Waals surface area contributed by atoms with Crippen molar-refractivity contribution in [3.63, 3.8) is 0 Å². The van der Waals surface area contributed by atoms with Crippen LogP contribution >= 0.6 is 11.3 Å². The number of hydrogen-bond acceptors (Lipinski definition) is 7. The Balaban J connectivity index is 1.46. The predicted molar refractivity (Wildman–Crippen MR) is 136 cm³/mol. The molecule has 1 aliphatic heterocycles. The third-order valence-corrected chi connectivity index (χ3v) is 7.85. The van der Waals surface area contributed by atoms with E-state index in [1.165, 1.54) is 16.2 Å². The Morgan fingerprint density at radius 2 is 1.82 bits per heavy atom. The van der Waals surface area contributed by atoms with Gasteiger partial charge in [-0.05, 0) is 38.4 Å². The van der Waals surface area contributed by atoms with Gasteiger partial charge in [-0.15, -0.1) is 11.3 Å². The summed E-state index contributed by atoms with van der Waals surface area (Å²) in [5.74, 6) is -5.15. The van der Waals surface area contributed by atoms with Crippen molar-refractivity contribution in [2.75, 3.05) is 33.0 Å². The molecule has 38 heavy (non-hydrogen) atoms. The fraction of sp³-hybridized carbons (Fsp3) is 0.480. The van der Waals surface area contributed by atoms with Crippen molar-refractivity contribution in [2.24, 2.45) is 5.92 Å². The molecule has 2 heterocycles.